The van der Waals surface area contributed by atoms with Gasteiger partial charge in [-0.3, -0.25) is 0 Å². The van der Waals surface area contributed by atoms with E-state index in [1.807, 2.05) is 37.7 Å². The number of benzene rings is 1. The summed E-state index contributed by atoms with van der Waals surface area (Å²) in [5.74, 6) is 0.359. The lowest BCUT2D eigenvalue weighted by Crippen LogP contribution is -2.14. The van der Waals surface area contributed by atoms with Gasteiger partial charge in [-0.1, -0.05) is 41.0 Å². The Morgan fingerprint density at radius 3 is 2.30 bits per heavy atom. The lowest BCUT2D eigenvalue weighted by atomic mass is 9.78. The SMILES string of the molecule is CC.CCC(Sc1cc(C(=O)O)cc(C2CCC2)c1C)C(C)C. The molecule has 1 aromatic carbocycles. The Morgan fingerprint density at radius 2 is 1.91 bits per heavy atom. The van der Waals surface area contributed by atoms with E-state index in [0.29, 0.717) is 22.6 Å². The molecule has 0 aromatic heterocycles. The van der Waals surface area contributed by atoms with Crippen LogP contribution in [0.2, 0.25) is 0 Å². The first kappa shape index (κ1) is 20.1. The molecular formula is C20H32O2S. The van der Waals surface area contributed by atoms with E-state index >= 15 is 0 Å². The molecule has 2 rings (SSSR count). The van der Waals surface area contributed by atoms with E-state index in [1.165, 1.54) is 30.4 Å². The summed E-state index contributed by atoms with van der Waals surface area (Å²) in [6.07, 6.45) is 4.79. The largest absolute Gasteiger partial charge is 0.478 e. The highest BCUT2D eigenvalue weighted by Crippen LogP contribution is 2.42. The van der Waals surface area contributed by atoms with Crippen LogP contribution in [0.3, 0.4) is 0 Å². The van der Waals surface area contributed by atoms with Crippen molar-refractivity contribution in [1.82, 2.24) is 0 Å². The molecule has 1 aliphatic rings. The van der Waals surface area contributed by atoms with Crippen molar-refractivity contribution in [2.45, 2.75) is 83.3 Å². The molecule has 3 heteroatoms. The van der Waals surface area contributed by atoms with Gasteiger partial charge in [0.05, 0.1) is 5.56 Å². The zero-order valence-electron chi connectivity index (χ0n) is 15.5. The van der Waals surface area contributed by atoms with Crippen LogP contribution in [0.1, 0.15) is 87.7 Å². The predicted octanol–water partition coefficient (Wildman–Crippen LogP) is 6.51. The molecule has 1 unspecified atom stereocenters. The fourth-order valence-electron chi connectivity index (χ4n) is 2.95. The molecule has 0 amide bonds. The smallest absolute Gasteiger partial charge is 0.335 e. The van der Waals surface area contributed by atoms with Crippen LogP contribution in [0.5, 0.6) is 0 Å². The molecular weight excluding hydrogens is 304 g/mol. The second-order valence-electron chi connectivity index (χ2n) is 6.43. The zero-order chi connectivity index (χ0) is 17.6. The number of carboxylic acids is 1. The molecule has 0 aliphatic heterocycles. The molecule has 0 spiro atoms. The number of hydrogen-bond donors (Lipinski definition) is 1. The van der Waals surface area contributed by atoms with Gasteiger partial charge in [0.15, 0.2) is 0 Å². The van der Waals surface area contributed by atoms with Crippen molar-refractivity contribution in [1.29, 1.82) is 0 Å². The fraction of sp³-hybridized carbons (Fsp3) is 0.650. The fourth-order valence-corrected chi connectivity index (χ4v) is 4.21. The van der Waals surface area contributed by atoms with Crippen LogP contribution in [0.25, 0.3) is 0 Å². The highest BCUT2D eigenvalue weighted by atomic mass is 32.2. The van der Waals surface area contributed by atoms with Crippen molar-refractivity contribution in [3.63, 3.8) is 0 Å². The van der Waals surface area contributed by atoms with E-state index in [4.69, 9.17) is 0 Å². The van der Waals surface area contributed by atoms with Gasteiger partial charge < -0.3 is 5.11 Å². The topological polar surface area (TPSA) is 37.3 Å². The van der Waals surface area contributed by atoms with Gasteiger partial charge in [0.25, 0.3) is 0 Å². The molecule has 1 atom stereocenters. The number of carbonyl (C=O) groups is 1. The average Bonchev–Trinajstić information content (AvgIpc) is 2.47. The van der Waals surface area contributed by atoms with E-state index in [2.05, 4.69) is 27.7 Å². The summed E-state index contributed by atoms with van der Waals surface area (Å²) in [7, 11) is 0. The van der Waals surface area contributed by atoms with E-state index < -0.39 is 5.97 Å². The minimum atomic E-state index is -0.810. The molecule has 1 aliphatic carbocycles. The van der Waals surface area contributed by atoms with Crippen molar-refractivity contribution in [3.8, 4) is 0 Å². The Labute approximate surface area is 146 Å². The number of rotatable bonds is 6. The van der Waals surface area contributed by atoms with Gasteiger partial charge in [-0.25, -0.2) is 4.79 Å². The van der Waals surface area contributed by atoms with E-state index in [-0.39, 0.29) is 0 Å². The molecule has 1 aromatic rings. The highest BCUT2D eigenvalue weighted by molar-refractivity contribution is 8.00. The van der Waals surface area contributed by atoms with E-state index in [1.54, 1.807) is 0 Å². The summed E-state index contributed by atoms with van der Waals surface area (Å²) < 4.78 is 0. The Kier molecular flexibility index (Phi) is 8.18. The van der Waals surface area contributed by atoms with Crippen LogP contribution in [-0.2, 0) is 0 Å². The Bertz CT molecular complexity index is 519. The third-order valence-electron chi connectivity index (χ3n) is 4.62. The summed E-state index contributed by atoms with van der Waals surface area (Å²) in [5, 5.41) is 9.93. The zero-order valence-corrected chi connectivity index (χ0v) is 16.3. The molecule has 0 heterocycles. The highest BCUT2D eigenvalue weighted by Gasteiger charge is 2.25. The molecule has 1 fully saturated rings. The normalized spacial score (nSPS) is 15.6. The molecule has 0 bridgehead atoms. The van der Waals surface area contributed by atoms with Gasteiger partial charge in [-0.2, -0.15) is 0 Å². The van der Waals surface area contributed by atoms with E-state index in [9.17, 15) is 9.90 Å². The number of hydrogen-bond acceptors (Lipinski definition) is 2. The second kappa shape index (κ2) is 9.36. The maximum atomic E-state index is 11.4. The van der Waals surface area contributed by atoms with Crippen LogP contribution in [0, 0.1) is 12.8 Å². The molecule has 130 valence electrons. The lowest BCUT2D eigenvalue weighted by Gasteiger charge is -2.29. The van der Waals surface area contributed by atoms with Crippen molar-refractivity contribution < 1.29 is 9.90 Å². The molecule has 0 saturated heterocycles. The third-order valence-corrected chi connectivity index (χ3v) is 6.47. The molecule has 2 nitrogen and oxygen atoms in total. The maximum absolute atomic E-state index is 11.4. The predicted molar refractivity (Wildman–Crippen MR) is 101 cm³/mol. The summed E-state index contributed by atoms with van der Waals surface area (Å²) in [5.41, 5.74) is 3.01. The Balaban J connectivity index is 0.00000127. The molecule has 1 saturated carbocycles. The van der Waals surface area contributed by atoms with Crippen molar-refractivity contribution in [3.05, 3.63) is 28.8 Å². The van der Waals surface area contributed by atoms with Crippen molar-refractivity contribution in [2.75, 3.05) is 0 Å². The average molecular weight is 337 g/mol. The molecule has 23 heavy (non-hydrogen) atoms. The quantitative estimate of drug-likeness (QED) is 0.601. The van der Waals surface area contributed by atoms with Gasteiger partial charge in [0, 0.05) is 10.1 Å². The first-order valence-corrected chi connectivity index (χ1v) is 9.86. The van der Waals surface area contributed by atoms with Crippen molar-refractivity contribution in [2.24, 2.45) is 5.92 Å². The van der Waals surface area contributed by atoms with Gasteiger partial charge in [0.2, 0.25) is 0 Å². The minimum Gasteiger partial charge on any atom is -0.478 e. The summed E-state index contributed by atoms with van der Waals surface area (Å²) in [6.45, 7) is 12.9. The van der Waals surface area contributed by atoms with Crippen LogP contribution in [-0.4, -0.2) is 16.3 Å². The Morgan fingerprint density at radius 1 is 1.30 bits per heavy atom. The number of carboxylic acid groups (broad SMARTS) is 1. The van der Waals surface area contributed by atoms with Crippen LogP contribution < -0.4 is 0 Å². The maximum Gasteiger partial charge on any atom is 0.335 e. The van der Waals surface area contributed by atoms with Gasteiger partial charge in [0.1, 0.15) is 0 Å². The van der Waals surface area contributed by atoms with Crippen LogP contribution >= 0.6 is 11.8 Å². The van der Waals surface area contributed by atoms with Crippen LogP contribution in [0.4, 0.5) is 0 Å². The van der Waals surface area contributed by atoms with Gasteiger partial charge in [-0.05, 0) is 61.3 Å². The third kappa shape index (κ3) is 5.00. The monoisotopic (exact) mass is 336 g/mol. The summed E-state index contributed by atoms with van der Waals surface area (Å²) in [6, 6.07) is 3.78. The first-order valence-electron chi connectivity index (χ1n) is 8.98. The minimum absolute atomic E-state index is 0.448. The lowest BCUT2D eigenvalue weighted by molar-refractivity contribution is 0.0696. The number of thioether (sulfide) groups is 1. The summed E-state index contributed by atoms with van der Waals surface area (Å²) in [4.78, 5) is 12.6. The standard InChI is InChI=1S/C18H26O2S.C2H6/c1-5-16(11(2)3)21-17-10-14(18(19)20)9-15(12(17)4)13-7-6-8-13;1-2/h9-11,13,16H,5-8H2,1-4H3,(H,19,20);1-2H3. The Hall–Kier alpha value is -0.960. The second-order valence-corrected chi connectivity index (χ2v) is 7.71. The van der Waals surface area contributed by atoms with Crippen molar-refractivity contribution >= 4 is 17.7 Å². The van der Waals surface area contributed by atoms with Crippen LogP contribution in [0.15, 0.2) is 17.0 Å². The molecule has 1 N–H and O–H groups in total. The molecule has 0 radical (unpaired) electrons. The summed E-state index contributed by atoms with van der Waals surface area (Å²) >= 11 is 1.86. The van der Waals surface area contributed by atoms with Gasteiger partial charge in [-0.15, -0.1) is 11.8 Å². The van der Waals surface area contributed by atoms with E-state index in [0.717, 1.165) is 11.3 Å². The van der Waals surface area contributed by atoms with Gasteiger partial charge >= 0.3 is 5.97 Å². The first-order chi connectivity index (χ1) is 10.9. The number of aromatic carboxylic acids is 1.